The molecule has 0 unspecified atom stereocenters. The van der Waals surface area contributed by atoms with Crippen LogP contribution >= 0.6 is 0 Å². The SMILES string of the molecule is C=CCC1=C(C(C#N)(C#N)CC=C)C2(CCC1)OCCO2. The van der Waals surface area contributed by atoms with Crippen LogP contribution < -0.4 is 0 Å². The number of hydrogen-bond donors (Lipinski definition) is 0. The van der Waals surface area contributed by atoms with Crippen LogP contribution in [0.25, 0.3) is 0 Å². The number of nitriles is 2. The smallest absolute Gasteiger partial charge is 0.193 e. The normalized spacial score (nSPS) is 20.9. The quantitative estimate of drug-likeness (QED) is 0.726. The molecule has 4 heteroatoms. The summed E-state index contributed by atoms with van der Waals surface area (Å²) in [7, 11) is 0. The molecule has 4 nitrogen and oxygen atoms in total. The molecule has 21 heavy (non-hydrogen) atoms. The molecule has 1 spiro atoms. The van der Waals surface area contributed by atoms with Crippen LogP contribution in [0.5, 0.6) is 0 Å². The van der Waals surface area contributed by atoms with Crippen LogP contribution in [0.1, 0.15) is 32.1 Å². The highest BCUT2D eigenvalue weighted by Crippen LogP contribution is 2.50. The second-order valence-corrected chi connectivity index (χ2v) is 5.40. The van der Waals surface area contributed by atoms with Crippen molar-refractivity contribution < 1.29 is 9.47 Å². The van der Waals surface area contributed by atoms with E-state index in [1.165, 1.54) is 0 Å². The summed E-state index contributed by atoms with van der Waals surface area (Å²) in [5.41, 5.74) is 0.469. The first kappa shape index (κ1) is 15.5. The molecule has 0 aromatic rings. The zero-order chi connectivity index (χ0) is 15.3. The van der Waals surface area contributed by atoms with Crippen LogP contribution in [0.15, 0.2) is 36.5 Å². The summed E-state index contributed by atoms with van der Waals surface area (Å²) in [5.74, 6) is -0.912. The van der Waals surface area contributed by atoms with E-state index in [-0.39, 0.29) is 6.42 Å². The first-order chi connectivity index (χ1) is 10.2. The van der Waals surface area contributed by atoms with Gasteiger partial charge in [-0.05, 0) is 19.3 Å². The van der Waals surface area contributed by atoms with Crippen LogP contribution in [0.2, 0.25) is 0 Å². The van der Waals surface area contributed by atoms with Crippen molar-refractivity contribution in [2.24, 2.45) is 5.41 Å². The monoisotopic (exact) mass is 284 g/mol. The molecule has 2 rings (SSSR count). The number of ether oxygens (including phenoxy) is 2. The molecule has 0 bridgehead atoms. The van der Waals surface area contributed by atoms with Gasteiger partial charge in [0.2, 0.25) is 0 Å². The molecule has 1 aliphatic heterocycles. The molecule has 0 N–H and O–H groups in total. The van der Waals surface area contributed by atoms with Crippen molar-refractivity contribution in [1.29, 1.82) is 10.5 Å². The van der Waals surface area contributed by atoms with Crippen LogP contribution in [0.3, 0.4) is 0 Å². The molecule has 2 aliphatic rings. The molecule has 0 amide bonds. The van der Waals surface area contributed by atoms with Gasteiger partial charge in [-0.25, -0.2) is 0 Å². The lowest BCUT2D eigenvalue weighted by Crippen LogP contribution is -2.43. The van der Waals surface area contributed by atoms with Gasteiger partial charge in [0.25, 0.3) is 0 Å². The molecule has 0 radical (unpaired) electrons. The standard InChI is InChI=1S/C17H20N2O2/c1-3-6-14-7-5-9-17(20-10-11-21-17)15(14)16(12-18,13-19)8-4-2/h3-4H,1-2,5-11H2. The van der Waals surface area contributed by atoms with Crippen molar-refractivity contribution in [2.75, 3.05) is 13.2 Å². The van der Waals surface area contributed by atoms with Gasteiger partial charge in [0.05, 0.1) is 25.4 Å². The minimum absolute atomic E-state index is 0.268. The van der Waals surface area contributed by atoms with E-state index < -0.39 is 11.2 Å². The van der Waals surface area contributed by atoms with E-state index in [1.54, 1.807) is 12.2 Å². The summed E-state index contributed by atoms with van der Waals surface area (Å²) in [5, 5.41) is 19.4. The minimum atomic E-state index is -1.27. The second kappa shape index (κ2) is 6.26. The van der Waals surface area contributed by atoms with Gasteiger partial charge in [-0.1, -0.05) is 17.7 Å². The van der Waals surface area contributed by atoms with Gasteiger partial charge in [-0.3, -0.25) is 0 Å². The van der Waals surface area contributed by atoms with Crippen LogP contribution in [-0.2, 0) is 9.47 Å². The Balaban J connectivity index is 2.64. The van der Waals surface area contributed by atoms with Crippen molar-refractivity contribution >= 4 is 0 Å². The van der Waals surface area contributed by atoms with E-state index in [0.717, 1.165) is 18.4 Å². The Kier molecular flexibility index (Phi) is 4.63. The second-order valence-electron chi connectivity index (χ2n) is 5.40. The van der Waals surface area contributed by atoms with Crippen molar-refractivity contribution in [3.63, 3.8) is 0 Å². The molecule has 110 valence electrons. The summed E-state index contributed by atoms with van der Waals surface area (Å²) in [4.78, 5) is 0. The maximum atomic E-state index is 9.70. The number of nitrogens with zero attached hydrogens (tertiary/aromatic N) is 2. The Bertz CT molecular complexity index is 528. The zero-order valence-electron chi connectivity index (χ0n) is 12.2. The Morgan fingerprint density at radius 2 is 1.86 bits per heavy atom. The molecule has 1 aliphatic carbocycles. The van der Waals surface area contributed by atoms with Crippen molar-refractivity contribution in [3.05, 3.63) is 36.5 Å². The van der Waals surface area contributed by atoms with Crippen LogP contribution in [0.4, 0.5) is 0 Å². The average Bonchev–Trinajstić information content (AvgIpc) is 2.95. The Morgan fingerprint density at radius 3 is 2.38 bits per heavy atom. The van der Waals surface area contributed by atoms with Gasteiger partial charge in [0.15, 0.2) is 11.2 Å². The predicted octanol–water partition coefficient (Wildman–Crippen LogP) is 3.40. The molecular weight excluding hydrogens is 264 g/mol. The van der Waals surface area contributed by atoms with E-state index in [2.05, 4.69) is 25.3 Å². The van der Waals surface area contributed by atoms with Gasteiger partial charge < -0.3 is 9.47 Å². The van der Waals surface area contributed by atoms with E-state index in [1.807, 2.05) is 0 Å². The zero-order valence-corrected chi connectivity index (χ0v) is 12.2. The van der Waals surface area contributed by atoms with E-state index in [9.17, 15) is 10.5 Å². The van der Waals surface area contributed by atoms with Crippen molar-refractivity contribution in [2.45, 2.75) is 37.9 Å². The van der Waals surface area contributed by atoms with E-state index in [4.69, 9.17) is 9.47 Å². The fourth-order valence-electron chi connectivity index (χ4n) is 3.35. The van der Waals surface area contributed by atoms with Crippen molar-refractivity contribution in [3.8, 4) is 12.1 Å². The van der Waals surface area contributed by atoms with Gasteiger partial charge in [0.1, 0.15) is 0 Å². The topological polar surface area (TPSA) is 66.0 Å². The number of hydrogen-bond acceptors (Lipinski definition) is 4. The molecule has 1 fully saturated rings. The van der Waals surface area contributed by atoms with Crippen molar-refractivity contribution in [1.82, 2.24) is 0 Å². The summed E-state index contributed by atoms with van der Waals surface area (Å²) in [6.07, 6.45) is 6.78. The lowest BCUT2D eigenvalue weighted by molar-refractivity contribution is -0.143. The third-order valence-electron chi connectivity index (χ3n) is 4.12. The Labute approximate surface area is 126 Å². The molecular formula is C17H20N2O2. The first-order valence-electron chi connectivity index (χ1n) is 7.23. The molecule has 0 aromatic heterocycles. The van der Waals surface area contributed by atoms with Gasteiger partial charge in [-0.15, -0.1) is 13.2 Å². The summed E-state index contributed by atoms with van der Waals surface area (Å²) < 4.78 is 11.8. The minimum Gasteiger partial charge on any atom is -0.344 e. The summed E-state index contributed by atoms with van der Waals surface area (Å²) in [6, 6.07) is 4.38. The van der Waals surface area contributed by atoms with Crippen LogP contribution in [0, 0.1) is 28.1 Å². The van der Waals surface area contributed by atoms with E-state index in [0.29, 0.717) is 31.6 Å². The van der Waals surface area contributed by atoms with E-state index >= 15 is 0 Å². The maximum Gasteiger partial charge on any atom is 0.193 e. The highest BCUT2D eigenvalue weighted by atomic mass is 16.7. The fourth-order valence-corrected chi connectivity index (χ4v) is 3.35. The molecule has 1 heterocycles. The van der Waals surface area contributed by atoms with Crippen LogP contribution in [-0.4, -0.2) is 19.0 Å². The fraction of sp³-hybridized carbons (Fsp3) is 0.529. The lowest BCUT2D eigenvalue weighted by Gasteiger charge is -2.40. The van der Waals surface area contributed by atoms with Gasteiger partial charge in [-0.2, -0.15) is 10.5 Å². The van der Waals surface area contributed by atoms with Gasteiger partial charge >= 0.3 is 0 Å². The Morgan fingerprint density at radius 1 is 1.19 bits per heavy atom. The molecule has 0 aromatic carbocycles. The third kappa shape index (κ3) is 2.53. The first-order valence-corrected chi connectivity index (χ1v) is 7.23. The molecule has 0 atom stereocenters. The third-order valence-corrected chi connectivity index (χ3v) is 4.12. The van der Waals surface area contributed by atoms with Gasteiger partial charge in [0, 0.05) is 18.4 Å². The highest BCUT2D eigenvalue weighted by Gasteiger charge is 2.53. The summed E-state index contributed by atoms with van der Waals surface area (Å²) in [6.45, 7) is 8.46. The number of allylic oxidation sites excluding steroid dienone is 3. The Hall–Kier alpha value is -1.88. The largest absolute Gasteiger partial charge is 0.344 e. The average molecular weight is 284 g/mol. The maximum absolute atomic E-state index is 9.70. The molecule has 1 saturated heterocycles. The number of rotatable bonds is 5. The summed E-state index contributed by atoms with van der Waals surface area (Å²) >= 11 is 0. The highest BCUT2D eigenvalue weighted by molar-refractivity contribution is 5.44. The lowest BCUT2D eigenvalue weighted by atomic mass is 9.69. The molecule has 0 saturated carbocycles. The predicted molar refractivity (Wildman–Crippen MR) is 78.8 cm³/mol.